The van der Waals surface area contributed by atoms with E-state index in [9.17, 15) is 91.1 Å². The largest absolute Gasteiger partial charge is 0.462 e. The third-order valence-electron chi connectivity index (χ3n) is 19.5. The van der Waals surface area contributed by atoms with Crippen molar-refractivity contribution in [2.45, 2.75) is 218 Å². The van der Waals surface area contributed by atoms with E-state index in [1.54, 1.807) is 27.7 Å². The number of aliphatic hydroxyl groups is 1. The van der Waals surface area contributed by atoms with Crippen LogP contribution in [0.1, 0.15) is 337 Å². The number of carbonyl (C=O) groups excluding carboxylic acids is 19. The molecule has 6 rings (SSSR count). The van der Waals surface area contributed by atoms with Gasteiger partial charge in [-0.2, -0.15) is 0 Å². The Morgan fingerprint density at radius 2 is 0.408 bits per heavy atom. The number of amides is 11. The highest BCUT2D eigenvalue weighted by Gasteiger charge is 2.27. The number of carbonyl (C=O) groups is 19. The Kier molecular flexibility index (Phi) is 61.3. The Bertz CT molecular complexity index is 4940. The molecule has 804 valence electrons. The summed E-state index contributed by atoms with van der Waals surface area (Å²) >= 11 is 0. The van der Waals surface area contributed by atoms with Crippen molar-refractivity contribution in [3.05, 3.63) is 176 Å². The lowest BCUT2D eigenvalue weighted by Gasteiger charge is -2.19. The van der Waals surface area contributed by atoms with Crippen molar-refractivity contribution >= 4 is 147 Å². The molecule has 0 spiro atoms. The number of nitrogens with one attached hydrogen (secondary N) is 11. The van der Waals surface area contributed by atoms with Crippen LogP contribution >= 0.6 is 0 Å². The van der Waals surface area contributed by atoms with Crippen LogP contribution in [-0.4, -0.2) is 236 Å². The van der Waals surface area contributed by atoms with Gasteiger partial charge in [-0.25, -0.2) is 43.2 Å². The van der Waals surface area contributed by atoms with E-state index in [0.717, 1.165) is 76.7 Å². The Hall–Kier alpha value is -15.1. The van der Waals surface area contributed by atoms with E-state index in [0.29, 0.717) is 51.4 Å². The molecular formula is C105H144N12O30. The summed E-state index contributed by atoms with van der Waals surface area (Å²) in [7, 11) is 0. The molecule has 42 heteroatoms. The number of hydrogen-bond acceptors (Lipinski definition) is 31. The molecule has 0 unspecified atom stereocenters. The van der Waals surface area contributed by atoms with Gasteiger partial charge >= 0.3 is 53.8 Å². The summed E-state index contributed by atoms with van der Waals surface area (Å²) in [6, 6.07) is 22.8. The quantitative estimate of drug-likeness (QED) is 0.00958. The molecule has 0 heterocycles. The number of hydrogen-bond donors (Lipinski definition) is 13. The lowest BCUT2D eigenvalue weighted by molar-refractivity contribution is -0.116. The normalized spacial score (nSPS) is 10.4. The standard InChI is InChI=1S/C51H66N6O15.C46H58N6O13.C6H14O.C2H6O/c1-8-12-16-68-46(63)34-21-35(47(64)69-17-13-9-2)26-39(25-34)56-41(58)29-52-44(61)32-20-33(24-38(23-32)55-43(60)31-54-50(67)72-51(5,6)7)45(62)53-30-42(59)57-40-27-36(48(65)70-18-14-10-3)22-37(28-40)49(66)71-19-15-11-4;1-5-9-13-62-43(58)31-18-32(44(59)63-14-10-6-2)23-36(22-31)51-39(54)27-48-41(56)29-17-30(21-35(20-29)50-38(53)26-47)42(57)49-28-40(55)52-37-24-33(45(60)64-15-11-7-3)19-34(25-37)46(61)65-16-12-8-4;1-3-5-6-7-4-2;1-2-3/h20-28H,8-19,29-31H2,1-7H3,(H,52,61)(H,53,62)(H,54,67)(H,55,60)(H,56,58)(H,57,59);17-25H,5-16,26-28,47H2,1-4H3,(H,48,56)(H,49,57)(H,50,53)(H,51,54)(H,52,55);3-6H2,1-2H3;3H,2H2,1H3. The molecule has 0 saturated carbocycles. The SMILES string of the molecule is CCCCOC(=O)c1cc(NC(=O)CNC(=O)c2cc(NC(=O)CN)cc(C(=O)NCC(=O)Nc3cc(C(=O)OCCCC)cc(C(=O)OCCCC)c3)c2)cc(C(=O)OCCCC)c1.CCCCOC(=O)c1cc(NC(=O)CNC(=O)c2cc(NC(=O)CNC(=O)OC(C)(C)C)cc(C(=O)NCC(=O)Nc3cc(C(=O)OCCCC)cc(C(=O)OCCCC)c3)c2)cc(C(=O)OCCCC)c1.CCCCOCC.CCO. The van der Waals surface area contributed by atoms with Crippen LogP contribution in [0, 0.1) is 0 Å². The van der Waals surface area contributed by atoms with E-state index in [4.69, 9.17) is 58.2 Å². The Balaban J connectivity index is 0.000000693. The van der Waals surface area contributed by atoms with Crippen LogP contribution in [0.2, 0.25) is 0 Å². The molecule has 6 aromatic carbocycles. The fraction of sp³-hybridized carbons (Fsp3) is 0.476. The van der Waals surface area contributed by atoms with Crippen LogP contribution < -0.4 is 64.2 Å². The highest BCUT2D eigenvalue weighted by molar-refractivity contribution is 6.10. The summed E-state index contributed by atoms with van der Waals surface area (Å²) in [6.07, 6.45) is 12.7. The second kappa shape index (κ2) is 71.4. The van der Waals surface area contributed by atoms with Crippen LogP contribution in [-0.2, 0) is 76.1 Å². The molecule has 14 N–H and O–H groups in total. The van der Waals surface area contributed by atoms with Gasteiger partial charge in [-0.3, -0.25) is 47.9 Å². The van der Waals surface area contributed by atoms with E-state index in [-0.39, 0.29) is 160 Å². The Morgan fingerprint density at radius 3 is 0.578 bits per heavy atom. The minimum Gasteiger partial charge on any atom is -0.462 e. The maximum absolute atomic E-state index is 13.6. The van der Waals surface area contributed by atoms with Gasteiger partial charge in [-0.15, -0.1) is 0 Å². The first-order chi connectivity index (χ1) is 70.3. The van der Waals surface area contributed by atoms with Crippen molar-refractivity contribution < 1.29 is 144 Å². The third-order valence-corrected chi connectivity index (χ3v) is 19.5. The van der Waals surface area contributed by atoms with Crippen LogP contribution in [0.25, 0.3) is 0 Å². The maximum atomic E-state index is 13.6. The molecule has 0 fully saturated rings. The maximum Gasteiger partial charge on any atom is 0.408 e. The van der Waals surface area contributed by atoms with Gasteiger partial charge in [-0.1, -0.05) is 120 Å². The van der Waals surface area contributed by atoms with Crippen molar-refractivity contribution in [3.63, 3.8) is 0 Å². The summed E-state index contributed by atoms with van der Waals surface area (Å²) in [5.41, 5.74) is 3.71. The lowest BCUT2D eigenvalue weighted by atomic mass is 10.1. The second-order valence-electron chi connectivity index (χ2n) is 33.7. The molecule has 0 saturated heterocycles. The number of benzene rings is 6. The zero-order chi connectivity index (χ0) is 109. The molecule has 0 aliphatic heterocycles. The Labute approximate surface area is 856 Å². The molecule has 11 amide bonds. The minimum absolute atomic E-state index is 0.00543. The average Bonchev–Trinajstić information content (AvgIpc) is 0.845. The predicted octanol–water partition coefficient (Wildman–Crippen LogP) is 13.7. The van der Waals surface area contributed by atoms with Crippen LogP contribution in [0.5, 0.6) is 0 Å². The molecular weight excluding hydrogens is 1910 g/mol. The lowest BCUT2D eigenvalue weighted by Crippen LogP contribution is -2.37. The Morgan fingerprint density at radius 1 is 0.245 bits per heavy atom. The second-order valence-corrected chi connectivity index (χ2v) is 33.7. The predicted molar refractivity (Wildman–Crippen MR) is 549 cm³/mol. The van der Waals surface area contributed by atoms with Crippen molar-refractivity contribution in [1.29, 1.82) is 0 Å². The first-order valence-electron chi connectivity index (χ1n) is 49.3. The number of anilines is 6. The summed E-state index contributed by atoms with van der Waals surface area (Å²) < 4.78 is 52.6. The molecule has 0 radical (unpaired) electrons. The van der Waals surface area contributed by atoms with Crippen molar-refractivity contribution in [2.75, 3.05) is 144 Å². The van der Waals surface area contributed by atoms with Crippen LogP contribution in [0.15, 0.2) is 109 Å². The van der Waals surface area contributed by atoms with Gasteiger partial charge in [0.15, 0.2) is 0 Å². The smallest absolute Gasteiger partial charge is 0.408 e. The minimum atomic E-state index is -0.898. The monoisotopic (exact) mass is 2050 g/mol. The van der Waals surface area contributed by atoms with Gasteiger partial charge in [-0.05, 0) is 202 Å². The number of esters is 8. The van der Waals surface area contributed by atoms with Crippen molar-refractivity contribution in [1.82, 2.24) is 26.6 Å². The number of nitrogens with two attached hydrogens (primary N) is 1. The fourth-order valence-electron chi connectivity index (χ4n) is 12.0. The number of aliphatic hydroxyl groups excluding tert-OH is 1. The average molecular weight is 2050 g/mol. The molecule has 147 heavy (non-hydrogen) atoms. The van der Waals surface area contributed by atoms with E-state index >= 15 is 0 Å². The third kappa shape index (κ3) is 51.8. The highest BCUT2D eigenvalue weighted by Crippen LogP contribution is 2.26. The highest BCUT2D eigenvalue weighted by atomic mass is 16.6. The van der Waals surface area contributed by atoms with Crippen molar-refractivity contribution in [2.24, 2.45) is 5.73 Å². The van der Waals surface area contributed by atoms with Gasteiger partial charge in [0.1, 0.15) is 12.1 Å². The van der Waals surface area contributed by atoms with E-state index in [1.807, 2.05) is 62.3 Å². The van der Waals surface area contributed by atoms with Gasteiger partial charge in [0.05, 0.1) is 130 Å². The van der Waals surface area contributed by atoms with Gasteiger partial charge in [0.25, 0.3) is 23.6 Å². The molecule has 0 aliphatic carbocycles. The summed E-state index contributed by atoms with van der Waals surface area (Å²) in [4.78, 5) is 246. The van der Waals surface area contributed by atoms with Crippen LogP contribution in [0.3, 0.4) is 0 Å². The number of unbranched alkanes of at least 4 members (excludes halogenated alkanes) is 9. The van der Waals surface area contributed by atoms with Gasteiger partial charge < -0.3 is 117 Å². The van der Waals surface area contributed by atoms with Gasteiger partial charge in [0.2, 0.25) is 35.4 Å². The van der Waals surface area contributed by atoms with E-state index in [2.05, 4.69) is 65.4 Å². The molecule has 0 aliphatic rings. The number of alkyl carbamates (subject to hydrolysis) is 1. The summed E-state index contributed by atoms with van der Waals surface area (Å²) in [5, 5.41) is 34.7. The fourth-order valence-corrected chi connectivity index (χ4v) is 12.0. The number of rotatable bonds is 57. The van der Waals surface area contributed by atoms with Crippen molar-refractivity contribution in [3.8, 4) is 0 Å². The number of ether oxygens (including phenoxy) is 10. The molecule has 0 bridgehead atoms. The van der Waals surface area contributed by atoms with Gasteiger partial charge in [0, 0.05) is 76.2 Å². The topological polar surface area (TPSA) is 595 Å². The molecule has 0 aromatic heterocycles. The van der Waals surface area contributed by atoms with E-state index in [1.165, 1.54) is 110 Å². The van der Waals surface area contributed by atoms with Crippen LogP contribution in [0.4, 0.5) is 38.9 Å². The first-order valence-corrected chi connectivity index (χ1v) is 49.3. The molecule has 0 atom stereocenters. The molecule has 6 aromatic rings. The zero-order valence-electron chi connectivity index (χ0n) is 86.5. The van der Waals surface area contributed by atoms with E-state index < -0.39 is 158 Å². The zero-order valence-corrected chi connectivity index (χ0v) is 86.5. The summed E-state index contributed by atoms with van der Waals surface area (Å²) in [6.45, 7) is 25.8. The summed E-state index contributed by atoms with van der Waals surface area (Å²) in [5.74, 6) is -13.8. The molecule has 42 nitrogen and oxygen atoms in total. The first kappa shape index (κ1) is 126.